The van der Waals surface area contributed by atoms with Crippen molar-refractivity contribution >= 4 is 34.7 Å². The summed E-state index contributed by atoms with van der Waals surface area (Å²) in [5, 5.41) is 2.90. The molecule has 0 unspecified atom stereocenters. The number of hydrogen-bond acceptors (Lipinski definition) is 6. The molecule has 0 bridgehead atoms. The molecule has 0 spiro atoms. The highest BCUT2D eigenvalue weighted by Gasteiger charge is 2.13. The van der Waals surface area contributed by atoms with E-state index in [0.717, 1.165) is 5.56 Å². The molecule has 0 aliphatic rings. The summed E-state index contributed by atoms with van der Waals surface area (Å²) in [6.07, 6.45) is 4.96. The lowest BCUT2D eigenvalue weighted by atomic mass is 10.1. The molecule has 2 aromatic heterocycles. The van der Waals surface area contributed by atoms with Crippen LogP contribution >= 0.6 is 0 Å². The second kappa shape index (κ2) is 9.66. The van der Waals surface area contributed by atoms with Crippen LogP contribution in [0.4, 0.5) is 5.69 Å². The monoisotopic (exact) mass is 422 g/mol. The standard InChI is InChI=1S/C22H22N4O5/c1-3-11-26-19-17(21(29)25-22(26)30)12-15(13-23-19)20(28)24-16-8-5-14(6-9-16)7-10-18(27)31-4-2/h5-10,12-13H,3-4,11H2,1-2H3,(H,24,28)(H,25,29,30)/b10-7+. The Morgan fingerprint density at radius 1 is 1.19 bits per heavy atom. The Morgan fingerprint density at radius 2 is 1.94 bits per heavy atom. The fraction of sp³-hybridized carbons (Fsp3) is 0.227. The van der Waals surface area contributed by atoms with Gasteiger partial charge in [0, 0.05) is 24.5 Å². The number of aromatic amines is 1. The SMILES string of the molecule is CCCn1c(=O)[nH]c(=O)c2cc(C(=O)Nc3ccc(/C=C/C(=O)OCC)cc3)cnc21. The van der Waals surface area contributed by atoms with Crippen LogP contribution in [0.25, 0.3) is 17.1 Å². The van der Waals surface area contributed by atoms with Crippen molar-refractivity contribution in [1.29, 1.82) is 0 Å². The van der Waals surface area contributed by atoms with Crippen molar-refractivity contribution in [2.24, 2.45) is 0 Å². The molecule has 0 aliphatic carbocycles. The number of carbonyl (C=O) groups is 2. The van der Waals surface area contributed by atoms with Crippen LogP contribution in [0.15, 0.2) is 52.2 Å². The minimum Gasteiger partial charge on any atom is -0.463 e. The van der Waals surface area contributed by atoms with Gasteiger partial charge in [-0.1, -0.05) is 19.1 Å². The van der Waals surface area contributed by atoms with Gasteiger partial charge in [-0.25, -0.2) is 14.6 Å². The fourth-order valence-electron chi connectivity index (χ4n) is 2.96. The van der Waals surface area contributed by atoms with E-state index in [1.54, 1.807) is 37.3 Å². The molecule has 31 heavy (non-hydrogen) atoms. The van der Waals surface area contributed by atoms with E-state index in [4.69, 9.17) is 4.74 Å². The van der Waals surface area contributed by atoms with Crippen LogP contribution in [0.3, 0.4) is 0 Å². The number of rotatable bonds is 7. The van der Waals surface area contributed by atoms with E-state index in [-0.39, 0.29) is 16.6 Å². The maximum atomic E-state index is 12.6. The van der Waals surface area contributed by atoms with Crippen LogP contribution in [0.2, 0.25) is 0 Å². The Balaban J connectivity index is 1.80. The van der Waals surface area contributed by atoms with E-state index in [0.29, 0.717) is 25.3 Å². The van der Waals surface area contributed by atoms with Crippen molar-refractivity contribution in [1.82, 2.24) is 14.5 Å². The summed E-state index contributed by atoms with van der Waals surface area (Å²) in [6.45, 7) is 4.35. The summed E-state index contributed by atoms with van der Waals surface area (Å²) in [5.74, 6) is -0.875. The summed E-state index contributed by atoms with van der Waals surface area (Å²) in [5.41, 5.74) is 0.603. The van der Waals surface area contributed by atoms with Crippen LogP contribution in [0.1, 0.15) is 36.2 Å². The Bertz CT molecular complexity index is 1260. The summed E-state index contributed by atoms with van der Waals surface area (Å²) in [6, 6.07) is 8.25. The van der Waals surface area contributed by atoms with Crippen LogP contribution in [-0.4, -0.2) is 33.0 Å². The lowest BCUT2D eigenvalue weighted by molar-refractivity contribution is -0.137. The highest BCUT2D eigenvalue weighted by Crippen LogP contribution is 2.14. The molecule has 3 rings (SSSR count). The van der Waals surface area contributed by atoms with E-state index >= 15 is 0 Å². The molecule has 160 valence electrons. The molecule has 9 heteroatoms. The lowest BCUT2D eigenvalue weighted by Crippen LogP contribution is -2.31. The molecule has 3 aromatic rings. The Morgan fingerprint density at radius 3 is 2.61 bits per heavy atom. The number of aryl methyl sites for hydroxylation is 1. The van der Waals surface area contributed by atoms with E-state index in [2.05, 4.69) is 15.3 Å². The molecule has 0 saturated heterocycles. The highest BCUT2D eigenvalue weighted by molar-refractivity contribution is 6.05. The van der Waals surface area contributed by atoms with Crippen molar-refractivity contribution in [3.8, 4) is 0 Å². The number of aromatic nitrogens is 3. The van der Waals surface area contributed by atoms with Gasteiger partial charge in [0.1, 0.15) is 5.65 Å². The molecule has 0 aliphatic heterocycles. The van der Waals surface area contributed by atoms with Gasteiger partial charge in [-0.05, 0) is 43.2 Å². The third kappa shape index (κ3) is 5.13. The summed E-state index contributed by atoms with van der Waals surface area (Å²) >= 11 is 0. The minimum absolute atomic E-state index is 0.167. The van der Waals surface area contributed by atoms with E-state index in [1.165, 1.54) is 22.9 Å². The number of pyridine rings is 1. The van der Waals surface area contributed by atoms with Gasteiger partial charge in [0.05, 0.1) is 17.6 Å². The van der Waals surface area contributed by atoms with Gasteiger partial charge < -0.3 is 10.1 Å². The summed E-state index contributed by atoms with van der Waals surface area (Å²) < 4.78 is 6.20. The zero-order chi connectivity index (χ0) is 22.4. The van der Waals surface area contributed by atoms with Crippen molar-refractivity contribution in [2.45, 2.75) is 26.8 Å². The maximum Gasteiger partial charge on any atom is 0.330 e. The third-order valence-electron chi connectivity index (χ3n) is 4.41. The molecular weight excluding hydrogens is 400 g/mol. The molecule has 0 atom stereocenters. The van der Waals surface area contributed by atoms with Crippen LogP contribution in [-0.2, 0) is 16.1 Å². The molecule has 0 fully saturated rings. The molecule has 1 aromatic carbocycles. The third-order valence-corrected chi connectivity index (χ3v) is 4.41. The van der Waals surface area contributed by atoms with Crippen LogP contribution < -0.4 is 16.6 Å². The summed E-state index contributed by atoms with van der Waals surface area (Å²) in [7, 11) is 0. The fourth-order valence-corrected chi connectivity index (χ4v) is 2.96. The van der Waals surface area contributed by atoms with Crippen molar-refractivity contribution < 1.29 is 14.3 Å². The average molecular weight is 422 g/mol. The topological polar surface area (TPSA) is 123 Å². The number of benzene rings is 1. The molecule has 2 N–H and O–H groups in total. The second-order valence-corrected chi connectivity index (χ2v) is 6.67. The van der Waals surface area contributed by atoms with Gasteiger partial charge in [0.15, 0.2) is 0 Å². The molecule has 0 radical (unpaired) electrons. The number of fused-ring (bicyclic) bond motifs is 1. The van der Waals surface area contributed by atoms with E-state index < -0.39 is 23.1 Å². The summed E-state index contributed by atoms with van der Waals surface area (Å²) in [4.78, 5) is 54.6. The van der Waals surface area contributed by atoms with Crippen LogP contribution in [0, 0.1) is 0 Å². The Kier molecular flexibility index (Phi) is 6.76. The predicted octanol–water partition coefficient (Wildman–Crippen LogP) is 2.32. The number of hydrogen-bond donors (Lipinski definition) is 2. The molecular formula is C22H22N4O5. The first-order valence-corrected chi connectivity index (χ1v) is 9.82. The molecule has 1 amide bonds. The van der Waals surface area contributed by atoms with Gasteiger partial charge in [0.2, 0.25) is 0 Å². The number of carbonyl (C=O) groups excluding carboxylic acids is 2. The number of nitrogens with one attached hydrogen (secondary N) is 2. The van der Waals surface area contributed by atoms with Crippen LogP contribution in [0.5, 0.6) is 0 Å². The van der Waals surface area contributed by atoms with Gasteiger partial charge in [-0.3, -0.25) is 19.1 Å². The number of amides is 1. The maximum absolute atomic E-state index is 12.6. The van der Waals surface area contributed by atoms with E-state index in [9.17, 15) is 19.2 Å². The predicted molar refractivity (Wildman–Crippen MR) is 117 cm³/mol. The zero-order valence-corrected chi connectivity index (χ0v) is 17.2. The number of nitrogens with zero attached hydrogens (tertiary/aromatic N) is 2. The van der Waals surface area contributed by atoms with Gasteiger partial charge in [0.25, 0.3) is 11.5 Å². The first-order chi connectivity index (χ1) is 14.9. The van der Waals surface area contributed by atoms with Crippen molar-refractivity contribution in [3.63, 3.8) is 0 Å². The lowest BCUT2D eigenvalue weighted by Gasteiger charge is -2.09. The zero-order valence-electron chi connectivity index (χ0n) is 17.2. The van der Waals surface area contributed by atoms with Gasteiger partial charge in [-0.15, -0.1) is 0 Å². The van der Waals surface area contributed by atoms with Crippen molar-refractivity contribution in [3.05, 3.63) is 74.6 Å². The van der Waals surface area contributed by atoms with Crippen molar-refractivity contribution in [2.75, 3.05) is 11.9 Å². The second-order valence-electron chi connectivity index (χ2n) is 6.67. The minimum atomic E-state index is -0.591. The number of esters is 1. The number of H-pyrrole nitrogens is 1. The number of ether oxygens (including phenoxy) is 1. The Hall–Kier alpha value is -4.01. The molecule has 9 nitrogen and oxygen atoms in total. The Labute approximate surface area is 177 Å². The smallest absolute Gasteiger partial charge is 0.330 e. The first kappa shape index (κ1) is 21.7. The van der Waals surface area contributed by atoms with E-state index in [1.807, 2.05) is 6.92 Å². The number of anilines is 1. The normalized spacial score (nSPS) is 11.0. The first-order valence-electron chi connectivity index (χ1n) is 9.82. The van der Waals surface area contributed by atoms with Gasteiger partial charge >= 0.3 is 11.7 Å². The molecule has 2 heterocycles. The largest absolute Gasteiger partial charge is 0.463 e. The highest BCUT2D eigenvalue weighted by atomic mass is 16.5. The average Bonchev–Trinajstić information content (AvgIpc) is 2.76. The van der Waals surface area contributed by atoms with Gasteiger partial charge in [-0.2, -0.15) is 0 Å². The molecule has 0 saturated carbocycles. The quantitative estimate of drug-likeness (QED) is 0.445.